The molecule has 0 radical (unpaired) electrons. The molecule has 0 heterocycles. The van der Waals surface area contributed by atoms with E-state index >= 15 is 0 Å². The average molecular weight is 877 g/mol. The van der Waals surface area contributed by atoms with Gasteiger partial charge in [-0.05, 0) is 25.2 Å². The van der Waals surface area contributed by atoms with Crippen LogP contribution in [0.15, 0.2) is 0 Å². The third-order valence-electron chi connectivity index (χ3n) is 12.8. The van der Waals surface area contributed by atoms with Crippen LogP contribution < -0.4 is 0 Å². The van der Waals surface area contributed by atoms with Crippen molar-refractivity contribution in [2.24, 2.45) is 5.92 Å². The van der Waals surface area contributed by atoms with Gasteiger partial charge in [0.1, 0.15) is 13.2 Å². The van der Waals surface area contributed by atoms with Crippen LogP contribution in [0.2, 0.25) is 0 Å². The second-order valence-corrected chi connectivity index (χ2v) is 19.7. The summed E-state index contributed by atoms with van der Waals surface area (Å²) in [6.45, 7) is 9.05. The monoisotopic (exact) mass is 877 g/mol. The van der Waals surface area contributed by atoms with Crippen LogP contribution in [0.25, 0.3) is 0 Å². The first kappa shape index (κ1) is 60.4. The summed E-state index contributed by atoms with van der Waals surface area (Å²) < 4.78 is 16.8. The molecule has 0 unspecified atom stereocenters. The van der Waals surface area contributed by atoms with Crippen LogP contribution in [0.4, 0.5) is 0 Å². The van der Waals surface area contributed by atoms with E-state index < -0.39 is 6.10 Å². The van der Waals surface area contributed by atoms with Gasteiger partial charge in [0.25, 0.3) is 0 Å². The van der Waals surface area contributed by atoms with Gasteiger partial charge in [0, 0.05) is 19.3 Å². The van der Waals surface area contributed by atoms with Crippen molar-refractivity contribution < 1.29 is 28.6 Å². The maximum absolute atomic E-state index is 12.8. The minimum atomic E-state index is -0.761. The number of carbonyl (C=O) groups is 3. The zero-order chi connectivity index (χ0) is 45.2. The Labute approximate surface area is 387 Å². The Morgan fingerprint density at radius 2 is 0.532 bits per heavy atom. The summed E-state index contributed by atoms with van der Waals surface area (Å²) >= 11 is 0. The van der Waals surface area contributed by atoms with Crippen LogP contribution in [0.1, 0.15) is 317 Å². The van der Waals surface area contributed by atoms with Gasteiger partial charge in [0.15, 0.2) is 6.10 Å². The van der Waals surface area contributed by atoms with Crippen LogP contribution in [0, 0.1) is 5.92 Å². The van der Waals surface area contributed by atoms with E-state index in [1.54, 1.807) is 0 Å². The molecule has 0 saturated carbocycles. The van der Waals surface area contributed by atoms with Crippen molar-refractivity contribution in [3.8, 4) is 0 Å². The van der Waals surface area contributed by atoms with Crippen LogP contribution in [0.3, 0.4) is 0 Å². The highest BCUT2D eigenvalue weighted by atomic mass is 16.6. The Bertz CT molecular complexity index is 933. The summed E-state index contributed by atoms with van der Waals surface area (Å²) in [7, 11) is 0. The summed E-state index contributed by atoms with van der Waals surface area (Å²) in [6, 6.07) is 0. The first-order valence-corrected chi connectivity index (χ1v) is 27.9. The second kappa shape index (κ2) is 50.4. The number of hydrogen-bond donors (Lipinski definition) is 0. The van der Waals surface area contributed by atoms with E-state index in [2.05, 4.69) is 27.7 Å². The van der Waals surface area contributed by atoms with Gasteiger partial charge in [-0.3, -0.25) is 14.4 Å². The summed E-state index contributed by atoms with van der Waals surface area (Å²) in [5, 5.41) is 0. The highest BCUT2D eigenvalue weighted by Gasteiger charge is 2.19. The predicted molar refractivity (Wildman–Crippen MR) is 266 cm³/mol. The second-order valence-electron chi connectivity index (χ2n) is 19.7. The van der Waals surface area contributed by atoms with Gasteiger partial charge >= 0.3 is 17.9 Å². The highest BCUT2D eigenvalue weighted by Crippen LogP contribution is 2.18. The van der Waals surface area contributed by atoms with Crippen LogP contribution in [-0.4, -0.2) is 37.2 Å². The Kier molecular flexibility index (Phi) is 49.1. The number of esters is 3. The van der Waals surface area contributed by atoms with Crippen molar-refractivity contribution in [1.29, 1.82) is 0 Å². The Balaban J connectivity index is 4.26. The van der Waals surface area contributed by atoms with Crippen molar-refractivity contribution in [3.63, 3.8) is 0 Å². The van der Waals surface area contributed by atoms with Gasteiger partial charge < -0.3 is 14.2 Å². The molecule has 0 N–H and O–H groups in total. The third-order valence-corrected chi connectivity index (χ3v) is 12.8. The molecule has 62 heavy (non-hydrogen) atoms. The van der Waals surface area contributed by atoms with Gasteiger partial charge in [-0.2, -0.15) is 0 Å². The maximum atomic E-state index is 12.8. The van der Waals surface area contributed by atoms with Gasteiger partial charge in [0.05, 0.1) is 0 Å². The van der Waals surface area contributed by atoms with E-state index in [9.17, 15) is 14.4 Å². The Hall–Kier alpha value is -1.59. The molecule has 0 amide bonds. The van der Waals surface area contributed by atoms with Gasteiger partial charge in [-0.25, -0.2) is 0 Å². The minimum absolute atomic E-state index is 0.0621. The Morgan fingerprint density at radius 1 is 0.306 bits per heavy atom. The van der Waals surface area contributed by atoms with Gasteiger partial charge in [-0.1, -0.05) is 278 Å². The lowest BCUT2D eigenvalue weighted by Gasteiger charge is -2.18. The zero-order valence-corrected chi connectivity index (χ0v) is 42.3. The fourth-order valence-electron chi connectivity index (χ4n) is 8.57. The molecule has 0 fully saturated rings. The van der Waals surface area contributed by atoms with E-state index in [0.717, 1.165) is 63.7 Å². The number of carbonyl (C=O) groups excluding carboxylic acids is 3. The molecule has 0 aromatic heterocycles. The minimum Gasteiger partial charge on any atom is -0.462 e. The van der Waals surface area contributed by atoms with E-state index in [1.165, 1.54) is 212 Å². The zero-order valence-electron chi connectivity index (χ0n) is 42.3. The summed E-state index contributed by atoms with van der Waals surface area (Å²) in [5.74, 6) is 0.0106. The van der Waals surface area contributed by atoms with Crippen LogP contribution >= 0.6 is 0 Å². The summed E-state index contributed by atoms with van der Waals surface area (Å²) in [5.41, 5.74) is 0. The molecular weight excluding hydrogens is 769 g/mol. The SMILES string of the molecule is CCCCCCCCCCCCCCCCCC(=O)O[C@H](COC(=O)CCCCCCCCCCCCC)COC(=O)CCCCCCCCCCCCCCCCCC(C)C. The van der Waals surface area contributed by atoms with E-state index in [1.807, 2.05) is 0 Å². The number of rotatable bonds is 51. The normalized spacial score (nSPS) is 12.0. The first-order valence-electron chi connectivity index (χ1n) is 27.9. The maximum Gasteiger partial charge on any atom is 0.306 e. The average Bonchev–Trinajstić information content (AvgIpc) is 3.26. The quantitative estimate of drug-likeness (QED) is 0.0344. The van der Waals surface area contributed by atoms with Crippen molar-refractivity contribution in [2.45, 2.75) is 323 Å². The van der Waals surface area contributed by atoms with E-state index in [-0.39, 0.29) is 31.1 Å². The Morgan fingerprint density at radius 3 is 0.790 bits per heavy atom. The van der Waals surface area contributed by atoms with Crippen molar-refractivity contribution in [2.75, 3.05) is 13.2 Å². The molecule has 0 rings (SSSR count). The predicted octanol–water partition coefficient (Wildman–Crippen LogP) is 18.2. The van der Waals surface area contributed by atoms with Gasteiger partial charge in [0.2, 0.25) is 0 Å². The topological polar surface area (TPSA) is 78.9 Å². The molecule has 6 nitrogen and oxygen atoms in total. The van der Waals surface area contributed by atoms with E-state index in [4.69, 9.17) is 14.2 Å². The largest absolute Gasteiger partial charge is 0.462 e. The molecule has 0 aromatic rings. The molecule has 368 valence electrons. The number of ether oxygens (including phenoxy) is 3. The highest BCUT2D eigenvalue weighted by molar-refractivity contribution is 5.71. The molecule has 0 aliphatic carbocycles. The molecular formula is C56H108O6. The third kappa shape index (κ3) is 49.4. The summed E-state index contributed by atoms with van der Waals surface area (Å²) in [4.78, 5) is 38.0. The first-order chi connectivity index (χ1) is 30.4. The van der Waals surface area contributed by atoms with Crippen molar-refractivity contribution >= 4 is 17.9 Å². The van der Waals surface area contributed by atoms with Gasteiger partial charge in [-0.15, -0.1) is 0 Å². The fraction of sp³-hybridized carbons (Fsp3) is 0.946. The summed E-state index contributed by atoms with van der Waals surface area (Å²) in [6.07, 6.45) is 53.7. The standard InChI is InChI=1S/C56H108O6/c1-5-7-9-11-13-15-17-18-20-25-29-33-37-41-45-49-56(59)62-53(50-60-54(57)47-43-39-35-31-26-16-14-12-10-8-6-2)51-61-55(58)48-44-40-36-32-28-24-22-19-21-23-27-30-34-38-42-46-52(3)4/h52-53H,5-51H2,1-4H3/t53-/m1/s1. The molecule has 0 aliphatic heterocycles. The number of unbranched alkanes of at least 4 members (excludes halogenated alkanes) is 38. The van der Waals surface area contributed by atoms with Crippen molar-refractivity contribution in [3.05, 3.63) is 0 Å². The smallest absolute Gasteiger partial charge is 0.306 e. The lowest BCUT2D eigenvalue weighted by Crippen LogP contribution is -2.30. The lowest BCUT2D eigenvalue weighted by atomic mass is 10.0. The lowest BCUT2D eigenvalue weighted by molar-refractivity contribution is -0.167. The fourth-order valence-corrected chi connectivity index (χ4v) is 8.57. The molecule has 6 heteroatoms. The van der Waals surface area contributed by atoms with E-state index in [0.29, 0.717) is 19.3 Å². The number of hydrogen-bond acceptors (Lipinski definition) is 6. The molecule has 0 bridgehead atoms. The molecule has 0 aromatic carbocycles. The van der Waals surface area contributed by atoms with Crippen LogP contribution in [-0.2, 0) is 28.6 Å². The molecule has 0 spiro atoms. The molecule has 0 aliphatic rings. The molecule has 0 saturated heterocycles. The van der Waals surface area contributed by atoms with Crippen LogP contribution in [0.5, 0.6) is 0 Å². The van der Waals surface area contributed by atoms with Crippen molar-refractivity contribution in [1.82, 2.24) is 0 Å². The molecule has 1 atom stereocenters.